The topological polar surface area (TPSA) is 37.3 Å². The molecule has 0 bridgehead atoms. The van der Waals surface area contributed by atoms with Crippen LogP contribution in [0.2, 0.25) is 5.02 Å². The number of carboxylic acids is 1. The molecule has 1 rings (SSSR count). The molecular formula is C10H12BrClO2S. The van der Waals surface area contributed by atoms with Crippen LogP contribution in [0.3, 0.4) is 0 Å². The van der Waals surface area contributed by atoms with Crippen molar-refractivity contribution in [2.45, 2.75) is 26.2 Å². The Bertz CT molecular complexity index is 332. The fourth-order valence-corrected chi connectivity index (χ4v) is 3.14. The molecule has 1 N–H and O–H groups in total. The van der Waals surface area contributed by atoms with E-state index < -0.39 is 5.97 Å². The summed E-state index contributed by atoms with van der Waals surface area (Å²) in [6.45, 7) is 1.96. The summed E-state index contributed by atoms with van der Waals surface area (Å²) in [5.74, 6) is -0.518. The van der Waals surface area contributed by atoms with Gasteiger partial charge in [-0.15, -0.1) is 11.3 Å². The van der Waals surface area contributed by atoms with Crippen molar-refractivity contribution in [2.75, 3.05) is 0 Å². The average molecular weight is 312 g/mol. The van der Waals surface area contributed by atoms with Crippen molar-refractivity contribution < 1.29 is 9.90 Å². The van der Waals surface area contributed by atoms with E-state index >= 15 is 0 Å². The van der Waals surface area contributed by atoms with Gasteiger partial charge in [-0.05, 0) is 40.8 Å². The number of thiophene rings is 1. The van der Waals surface area contributed by atoms with Crippen molar-refractivity contribution in [1.29, 1.82) is 0 Å². The van der Waals surface area contributed by atoms with E-state index in [1.807, 2.05) is 13.0 Å². The number of rotatable bonds is 5. The lowest BCUT2D eigenvalue weighted by Gasteiger charge is -2.06. The molecule has 0 aliphatic rings. The van der Waals surface area contributed by atoms with Crippen molar-refractivity contribution >= 4 is 44.8 Å². The van der Waals surface area contributed by atoms with Crippen LogP contribution in [0.4, 0.5) is 0 Å². The molecule has 0 aromatic carbocycles. The van der Waals surface area contributed by atoms with Crippen LogP contribution in [-0.4, -0.2) is 11.1 Å². The molecule has 0 radical (unpaired) electrons. The lowest BCUT2D eigenvalue weighted by Crippen LogP contribution is -2.04. The van der Waals surface area contributed by atoms with E-state index in [1.165, 1.54) is 4.88 Å². The Labute approximate surface area is 106 Å². The van der Waals surface area contributed by atoms with Crippen LogP contribution < -0.4 is 0 Å². The molecule has 1 atom stereocenters. The normalized spacial score (nSPS) is 12.7. The van der Waals surface area contributed by atoms with Gasteiger partial charge in [0.1, 0.15) is 0 Å². The number of halogens is 2. The van der Waals surface area contributed by atoms with Crippen LogP contribution >= 0.6 is 38.9 Å². The van der Waals surface area contributed by atoms with Crippen molar-refractivity contribution in [3.8, 4) is 0 Å². The molecule has 0 aliphatic carbocycles. The highest BCUT2D eigenvalue weighted by atomic mass is 79.9. The summed E-state index contributed by atoms with van der Waals surface area (Å²) in [6, 6.07) is 1.93. The predicted molar refractivity (Wildman–Crippen MR) is 66.8 cm³/mol. The SMILES string of the molecule is CC(CCc1cc(Cl)c(Br)s1)CC(=O)O. The minimum Gasteiger partial charge on any atom is -0.481 e. The Hall–Kier alpha value is -0.0600. The van der Waals surface area contributed by atoms with Crippen molar-refractivity contribution in [1.82, 2.24) is 0 Å². The molecular weight excluding hydrogens is 300 g/mol. The highest BCUT2D eigenvalue weighted by Gasteiger charge is 2.10. The summed E-state index contributed by atoms with van der Waals surface area (Å²) in [5.41, 5.74) is 0. The lowest BCUT2D eigenvalue weighted by molar-refractivity contribution is -0.138. The molecule has 1 heterocycles. The van der Waals surface area contributed by atoms with Gasteiger partial charge < -0.3 is 5.11 Å². The smallest absolute Gasteiger partial charge is 0.303 e. The largest absolute Gasteiger partial charge is 0.481 e. The Morgan fingerprint density at radius 1 is 1.73 bits per heavy atom. The van der Waals surface area contributed by atoms with E-state index in [4.69, 9.17) is 16.7 Å². The molecule has 0 fully saturated rings. The van der Waals surface area contributed by atoms with Gasteiger partial charge >= 0.3 is 5.97 Å². The minimum absolute atomic E-state index is 0.210. The maximum Gasteiger partial charge on any atom is 0.303 e. The van der Waals surface area contributed by atoms with Gasteiger partial charge in [0, 0.05) is 11.3 Å². The molecule has 1 unspecified atom stereocenters. The number of hydrogen-bond acceptors (Lipinski definition) is 2. The number of aliphatic carboxylic acids is 1. The van der Waals surface area contributed by atoms with Gasteiger partial charge in [0.2, 0.25) is 0 Å². The van der Waals surface area contributed by atoms with Gasteiger partial charge in [0.15, 0.2) is 0 Å². The molecule has 0 spiro atoms. The molecule has 5 heteroatoms. The van der Waals surface area contributed by atoms with Crippen LogP contribution in [0, 0.1) is 5.92 Å². The van der Waals surface area contributed by atoms with Crippen molar-refractivity contribution in [2.24, 2.45) is 5.92 Å². The van der Waals surface area contributed by atoms with Crippen LogP contribution in [0.25, 0.3) is 0 Å². The van der Waals surface area contributed by atoms with Crippen LogP contribution in [0.15, 0.2) is 9.85 Å². The monoisotopic (exact) mass is 310 g/mol. The van der Waals surface area contributed by atoms with E-state index in [2.05, 4.69) is 15.9 Å². The number of carboxylic acid groups (broad SMARTS) is 1. The van der Waals surface area contributed by atoms with Crippen LogP contribution in [0.5, 0.6) is 0 Å². The summed E-state index contributed by atoms with van der Waals surface area (Å²) < 4.78 is 0.949. The van der Waals surface area contributed by atoms with Gasteiger partial charge in [-0.25, -0.2) is 0 Å². The number of hydrogen-bond donors (Lipinski definition) is 1. The fraction of sp³-hybridized carbons (Fsp3) is 0.500. The van der Waals surface area contributed by atoms with E-state index in [1.54, 1.807) is 11.3 Å². The maximum absolute atomic E-state index is 10.5. The zero-order valence-electron chi connectivity index (χ0n) is 8.30. The first-order valence-electron chi connectivity index (χ1n) is 4.64. The quantitative estimate of drug-likeness (QED) is 0.884. The third kappa shape index (κ3) is 4.53. The number of carbonyl (C=O) groups is 1. The van der Waals surface area contributed by atoms with Gasteiger partial charge in [-0.3, -0.25) is 4.79 Å². The summed E-state index contributed by atoms with van der Waals surface area (Å²) in [7, 11) is 0. The van der Waals surface area contributed by atoms with E-state index in [9.17, 15) is 4.79 Å². The molecule has 1 aromatic heterocycles. The Morgan fingerprint density at radius 2 is 2.40 bits per heavy atom. The first-order valence-corrected chi connectivity index (χ1v) is 6.63. The molecule has 0 amide bonds. The molecule has 0 aliphatic heterocycles. The molecule has 84 valence electrons. The van der Waals surface area contributed by atoms with E-state index in [0.717, 1.165) is 21.7 Å². The Kier molecular flexibility index (Phi) is 5.09. The second-order valence-electron chi connectivity index (χ2n) is 3.58. The third-order valence-electron chi connectivity index (χ3n) is 2.10. The summed E-state index contributed by atoms with van der Waals surface area (Å²) >= 11 is 10.9. The second kappa shape index (κ2) is 5.87. The Balaban J connectivity index is 2.40. The molecule has 1 aromatic rings. The molecule has 0 saturated heterocycles. The summed E-state index contributed by atoms with van der Waals surface area (Å²) in [6.07, 6.45) is 2.01. The van der Waals surface area contributed by atoms with E-state index in [0.29, 0.717) is 0 Å². The lowest BCUT2D eigenvalue weighted by atomic mass is 10.0. The summed E-state index contributed by atoms with van der Waals surface area (Å²) in [5, 5.41) is 9.34. The van der Waals surface area contributed by atoms with Crippen LogP contribution in [0.1, 0.15) is 24.6 Å². The maximum atomic E-state index is 10.5. The Morgan fingerprint density at radius 3 is 2.87 bits per heavy atom. The molecule has 0 saturated carbocycles. The van der Waals surface area contributed by atoms with Gasteiger partial charge in [0.25, 0.3) is 0 Å². The summed E-state index contributed by atoms with van der Waals surface area (Å²) in [4.78, 5) is 11.7. The zero-order chi connectivity index (χ0) is 11.4. The van der Waals surface area contributed by atoms with E-state index in [-0.39, 0.29) is 12.3 Å². The number of aryl methyl sites for hydroxylation is 1. The molecule has 15 heavy (non-hydrogen) atoms. The molecule has 2 nitrogen and oxygen atoms in total. The van der Waals surface area contributed by atoms with Crippen molar-refractivity contribution in [3.63, 3.8) is 0 Å². The minimum atomic E-state index is -0.729. The first-order chi connectivity index (χ1) is 6.99. The van der Waals surface area contributed by atoms with Gasteiger partial charge in [-0.1, -0.05) is 18.5 Å². The van der Waals surface area contributed by atoms with Crippen LogP contribution in [-0.2, 0) is 11.2 Å². The van der Waals surface area contributed by atoms with Gasteiger partial charge in [-0.2, -0.15) is 0 Å². The zero-order valence-corrected chi connectivity index (χ0v) is 11.5. The highest BCUT2D eigenvalue weighted by molar-refractivity contribution is 9.11. The first kappa shape index (κ1) is 13.0. The van der Waals surface area contributed by atoms with Crippen molar-refractivity contribution in [3.05, 3.63) is 19.8 Å². The highest BCUT2D eigenvalue weighted by Crippen LogP contribution is 2.33. The second-order valence-corrected chi connectivity index (χ2v) is 6.44. The predicted octanol–water partition coefficient (Wildman–Crippen LogP) is 4.21. The van der Waals surface area contributed by atoms with Gasteiger partial charge in [0.05, 0.1) is 8.81 Å². The standard InChI is InChI=1S/C10H12BrClO2S/c1-6(4-9(13)14)2-3-7-5-8(12)10(11)15-7/h5-6H,2-4H2,1H3,(H,13,14). The average Bonchev–Trinajstić information content (AvgIpc) is 2.42. The fourth-order valence-electron chi connectivity index (χ4n) is 1.30. The third-order valence-corrected chi connectivity index (χ3v) is 4.64.